The molecule has 1 aliphatic rings. The molecule has 0 aliphatic carbocycles. The third-order valence-electron chi connectivity index (χ3n) is 5.07. The van der Waals surface area contributed by atoms with Gasteiger partial charge in [-0.1, -0.05) is 24.3 Å². The molecule has 1 fully saturated rings. The molecule has 162 valence electrons. The van der Waals surface area contributed by atoms with Crippen molar-refractivity contribution in [2.45, 2.75) is 33.4 Å². The number of hydrogen-bond donors (Lipinski definition) is 2. The van der Waals surface area contributed by atoms with Gasteiger partial charge in [0.1, 0.15) is 11.5 Å². The Morgan fingerprint density at radius 3 is 2.87 bits per heavy atom. The van der Waals surface area contributed by atoms with E-state index in [2.05, 4.69) is 42.7 Å². The molecule has 0 bridgehead atoms. The molecule has 0 aromatic heterocycles. The molecular weight excluding hydrogens is 378 g/mol. The Bertz CT molecular complexity index is 832. The molecule has 1 unspecified atom stereocenters. The van der Waals surface area contributed by atoms with E-state index in [4.69, 9.17) is 19.2 Å². The summed E-state index contributed by atoms with van der Waals surface area (Å²) < 4.78 is 16.9. The van der Waals surface area contributed by atoms with Crippen LogP contribution in [0.1, 0.15) is 30.0 Å². The smallest absolute Gasteiger partial charge is 0.191 e. The summed E-state index contributed by atoms with van der Waals surface area (Å²) in [5.41, 5.74) is 3.41. The molecule has 0 amide bonds. The van der Waals surface area contributed by atoms with Gasteiger partial charge in [0, 0.05) is 31.2 Å². The Morgan fingerprint density at radius 1 is 1.20 bits per heavy atom. The van der Waals surface area contributed by atoms with Gasteiger partial charge in [-0.3, -0.25) is 0 Å². The Labute approximate surface area is 179 Å². The average molecular weight is 412 g/mol. The van der Waals surface area contributed by atoms with Crippen LogP contribution in [0.2, 0.25) is 0 Å². The second-order valence-electron chi connectivity index (χ2n) is 7.55. The van der Waals surface area contributed by atoms with Crippen LogP contribution in [0.5, 0.6) is 11.5 Å². The average Bonchev–Trinajstić information content (AvgIpc) is 3.29. The van der Waals surface area contributed by atoms with E-state index in [0.29, 0.717) is 25.6 Å². The van der Waals surface area contributed by atoms with E-state index in [9.17, 15) is 0 Å². The topological polar surface area (TPSA) is 64.1 Å². The lowest BCUT2D eigenvalue weighted by atomic mass is 10.1. The van der Waals surface area contributed by atoms with Crippen LogP contribution in [0, 0.1) is 12.8 Å². The first-order chi connectivity index (χ1) is 14.7. The fourth-order valence-corrected chi connectivity index (χ4v) is 3.33. The minimum Gasteiger partial charge on any atom is -0.497 e. The zero-order valence-corrected chi connectivity index (χ0v) is 18.2. The molecule has 1 aliphatic heterocycles. The van der Waals surface area contributed by atoms with Gasteiger partial charge in [0.15, 0.2) is 5.96 Å². The van der Waals surface area contributed by atoms with Crippen molar-refractivity contribution in [2.24, 2.45) is 10.9 Å². The summed E-state index contributed by atoms with van der Waals surface area (Å²) in [6.07, 6.45) is 1.07. The molecule has 0 spiro atoms. The van der Waals surface area contributed by atoms with E-state index in [0.717, 1.165) is 54.8 Å². The zero-order valence-electron chi connectivity index (χ0n) is 18.2. The quantitative estimate of drug-likeness (QED) is 0.487. The molecule has 1 saturated heterocycles. The van der Waals surface area contributed by atoms with Crippen molar-refractivity contribution in [3.05, 3.63) is 59.2 Å². The van der Waals surface area contributed by atoms with E-state index in [1.54, 1.807) is 7.11 Å². The molecule has 3 rings (SSSR count). The normalized spacial score (nSPS) is 16.4. The van der Waals surface area contributed by atoms with Crippen molar-refractivity contribution in [3.63, 3.8) is 0 Å². The Kier molecular flexibility index (Phi) is 8.39. The largest absolute Gasteiger partial charge is 0.497 e. The van der Waals surface area contributed by atoms with Crippen molar-refractivity contribution in [3.8, 4) is 11.5 Å². The fourth-order valence-electron chi connectivity index (χ4n) is 3.33. The summed E-state index contributed by atoms with van der Waals surface area (Å²) in [5.74, 6) is 3.02. The van der Waals surface area contributed by atoms with Gasteiger partial charge in [0.05, 0.1) is 26.9 Å². The summed E-state index contributed by atoms with van der Waals surface area (Å²) in [7, 11) is 1.68. The number of benzene rings is 2. The van der Waals surface area contributed by atoms with Crippen LogP contribution >= 0.6 is 0 Å². The Balaban J connectivity index is 1.63. The molecule has 6 nitrogen and oxygen atoms in total. The molecular formula is C24H33N3O3. The number of aliphatic imine (C=N–C) groups is 1. The lowest BCUT2D eigenvalue weighted by Gasteiger charge is -2.17. The van der Waals surface area contributed by atoms with Crippen molar-refractivity contribution < 1.29 is 14.2 Å². The second kappa shape index (κ2) is 11.5. The van der Waals surface area contributed by atoms with Gasteiger partial charge in [0.2, 0.25) is 0 Å². The van der Waals surface area contributed by atoms with Gasteiger partial charge in [-0.15, -0.1) is 0 Å². The SMILES string of the molecule is CCNC(=NCc1cccc(OC)c1)NCc1ccc(C)cc1OCC1CCOC1. The number of aryl methyl sites for hydroxylation is 1. The van der Waals surface area contributed by atoms with Gasteiger partial charge < -0.3 is 24.8 Å². The van der Waals surface area contributed by atoms with Crippen molar-refractivity contribution in [1.29, 1.82) is 0 Å². The van der Waals surface area contributed by atoms with E-state index in [1.165, 1.54) is 5.56 Å². The van der Waals surface area contributed by atoms with Gasteiger partial charge >= 0.3 is 0 Å². The highest BCUT2D eigenvalue weighted by Gasteiger charge is 2.17. The highest BCUT2D eigenvalue weighted by Crippen LogP contribution is 2.22. The number of methoxy groups -OCH3 is 1. The summed E-state index contributed by atoms with van der Waals surface area (Å²) in [4.78, 5) is 4.71. The first-order valence-electron chi connectivity index (χ1n) is 10.6. The Morgan fingerprint density at radius 2 is 2.10 bits per heavy atom. The summed E-state index contributed by atoms with van der Waals surface area (Å²) >= 11 is 0. The summed E-state index contributed by atoms with van der Waals surface area (Å²) in [6.45, 7) is 8.48. The second-order valence-corrected chi connectivity index (χ2v) is 7.55. The first kappa shape index (κ1) is 22.0. The predicted molar refractivity (Wildman–Crippen MR) is 120 cm³/mol. The summed E-state index contributed by atoms with van der Waals surface area (Å²) in [6, 6.07) is 14.3. The van der Waals surface area contributed by atoms with Crippen molar-refractivity contribution in [1.82, 2.24) is 10.6 Å². The molecule has 2 aromatic rings. The van der Waals surface area contributed by atoms with Crippen molar-refractivity contribution >= 4 is 5.96 Å². The number of nitrogens with zero attached hydrogens (tertiary/aromatic N) is 1. The van der Waals surface area contributed by atoms with Crippen molar-refractivity contribution in [2.75, 3.05) is 33.5 Å². The number of hydrogen-bond acceptors (Lipinski definition) is 4. The molecule has 0 radical (unpaired) electrons. The van der Waals surface area contributed by atoms with Crippen LogP contribution in [0.25, 0.3) is 0 Å². The number of rotatable bonds is 9. The standard InChI is InChI=1S/C24H33N3O3/c1-4-25-24(26-14-19-6-5-7-22(13-19)28-3)27-15-21-9-8-18(2)12-23(21)30-17-20-10-11-29-16-20/h5-9,12-13,20H,4,10-11,14-17H2,1-3H3,(H2,25,26,27). The van der Waals surface area contributed by atoms with Gasteiger partial charge in [-0.25, -0.2) is 4.99 Å². The molecule has 1 heterocycles. The molecule has 2 N–H and O–H groups in total. The van der Waals surface area contributed by atoms with E-state index < -0.39 is 0 Å². The van der Waals surface area contributed by atoms with Gasteiger partial charge in [0.25, 0.3) is 0 Å². The third kappa shape index (κ3) is 6.66. The molecule has 6 heteroatoms. The van der Waals surface area contributed by atoms with Gasteiger partial charge in [-0.05, 0) is 49.6 Å². The molecule has 2 aromatic carbocycles. The van der Waals surface area contributed by atoms with Crippen LogP contribution in [-0.4, -0.2) is 39.4 Å². The van der Waals surface area contributed by atoms with E-state index in [1.807, 2.05) is 24.3 Å². The van der Waals surface area contributed by atoms with E-state index >= 15 is 0 Å². The minimum atomic E-state index is 0.480. The number of ether oxygens (including phenoxy) is 3. The monoisotopic (exact) mass is 411 g/mol. The maximum Gasteiger partial charge on any atom is 0.191 e. The first-order valence-corrected chi connectivity index (χ1v) is 10.6. The third-order valence-corrected chi connectivity index (χ3v) is 5.07. The lowest BCUT2D eigenvalue weighted by molar-refractivity contribution is 0.166. The van der Waals surface area contributed by atoms with Gasteiger partial charge in [-0.2, -0.15) is 0 Å². The minimum absolute atomic E-state index is 0.480. The Hall–Kier alpha value is -2.73. The predicted octanol–water partition coefficient (Wildman–Crippen LogP) is 3.67. The van der Waals surface area contributed by atoms with Crippen LogP contribution in [0.4, 0.5) is 0 Å². The van der Waals surface area contributed by atoms with Crippen LogP contribution in [0.3, 0.4) is 0 Å². The number of guanidine groups is 1. The fraction of sp³-hybridized carbons (Fsp3) is 0.458. The molecule has 0 saturated carbocycles. The maximum atomic E-state index is 6.15. The summed E-state index contributed by atoms with van der Waals surface area (Å²) in [5, 5.41) is 6.74. The molecule has 1 atom stereocenters. The molecule has 30 heavy (non-hydrogen) atoms. The highest BCUT2D eigenvalue weighted by atomic mass is 16.5. The van der Waals surface area contributed by atoms with Crippen LogP contribution in [-0.2, 0) is 17.8 Å². The zero-order chi connectivity index (χ0) is 21.2. The van der Waals surface area contributed by atoms with E-state index in [-0.39, 0.29) is 0 Å². The lowest BCUT2D eigenvalue weighted by Crippen LogP contribution is -2.36. The highest BCUT2D eigenvalue weighted by molar-refractivity contribution is 5.79. The van der Waals surface area contributed by atoms with Crippen LogP contribution < -0.4 is 20.1 Å². The van der Waals surface area contributed by atoms with Crippen LogP contribution in [0.15, 0.2) is 47.5 Å². The maximum absolute atomic E-state index is 6.15. The number of nitrogens with one attached hydrogen (secondary N) is 2.